The van der Waals surface area contributed by atoms with Crippen molar-refractivity contribution in [3.8, 4) is 0 Å². The molecule has 86 valence electrons. The van der Waals surface area contributed by atoms with Crippen LogP contribution in [-0.4, -0.2) is 77.2 Å². The normalized spacial score (nSPS) is 20.6. The van der Waals surface area contributed by atoms with Gasteiger partial charge in [0.15, 0.2) is 0 Å². The van der Waals surface area contributed by atoms with Gasteiger partial charge in [-0.15, -0.1) is 0 Å². The Balaban J connectivity index is 4.09. The summed E-state index contributed by atoms with van der Waals surface area (Å²) in [5.41, 5.74) is 0. The topological polar surface area (TPSA) is 106 Å². The van der Waals surface area contributed by atoms with E-state index in [-0.39, 0.29) is 6.54 Å². The van der Waals surface area contributed by atoms with E-state index < -0.39 is 31.0 Å². The van der Waals surface area contributed by atoms with Gasteiger partial charge in [0.2, 0.25) is 0 Å². The molecule has 0 aromatic rings. The van der Waals surface area contributed by atoms with Gasteiger partial charge in [-0.3, -0.25) is 0 Å². The molecule has 0 aliphatic rings. The van der Waals surface area contributed by atoms with Gasteiger partial charge in [0, 0.05) is 0 Å². The molecule has 0 aromatic carbocycles. The Kier molecular flexibility index (Phi) is 6.17. The van der Waals surface area contributed by atoms with Crippen LogP contribution >= 0.6 is 0 Å². The van der Waals surface area contributed by atoms with Gasteiger partial charge < -0.3 is 30.4 Å². The number of hydrogen-bond acceptors (Lipinski definition) is 5. The van der Waals surface area contributed by atoms with E-state index in [2.05, 4.69) is 0 Å². The maximum absolute atomic E-state index is 9.38. The van der Waals surface area contributed by atoms with Gasteiger partial charge >= 0.3 is 0 Å². The molecule has 0 fully saturated rings. The largest absolute Gasteiger partial charge is 0.394 e. The van der Waals surface area contributed by atoms with Gasteiger partial charge in [-0.2, -0.15) is 0 Å². The summed E-state index contributed by atoms with van der Waals surface area (Å²) in [5.74, 6) is 0. The highest BCUT2D eigenvalue weighted by Crippen LogP contribution is 2.03. The summed E-state index contributed by atoms with van der Waals surface area (Å²) < 4.78 is 0. The van der Waals surface area contributed by atoms with Crippen molar-refractivity contribution in [1.82, 2.24) is 0 Å². The summed E-state index contributed by atoms with van der Waals surface area (Å²) in [6, 6.07) is 0. The van der Waals surface area contributed by atoms with Crippen LogP contribution in [0.15, 0.2) is 0 Å². The summed E-state index contributed by atoms with van der Waals surface area (Å²) in [5, 5.41) is 45.5. The van der Waals surface area contributed by atoms with Gasteiger partial charge in [0.1, 0.15) is 31.0 Å². The summed E-state index contributed by atoms with van der Waals surface area (Å²) in [6.45, 7) is -0.407. The molecule has 6 nitrogen and oxygen atoms in total. The van der Waals surface area contributed by atoms with Crippen molar-refractivity contribution in [3.63, 3.8) is 0 Å². The molecule has 0 heterocycles. The van der Waals surface area contributed by atoms with Gasteiger partial charge in [-0.1, -0.05) is 0 Å². The van der Waals surface area contributed by atoms with E-state index in [0.717, 1.165) is 4.90 Å². The molecule has 0 radical (unpaired) electrons. The molecule has 14 heavy (non-hydrogen) atoms. The highest BCUT2D eigenvalue weighted by atomic mass is 16.4. The van der Waals surface area contributed by atoms with Crippen LogP contribution in [-0.2, 0) is 0 Å². The second kappa shape index (κ2) is 6.28. The van der Waals surface area contributed by atoms with Crippen LogP contribution < -0.4 is 4.90 Å². The smallest absolute Gasteiger partial charge is 0.131 e. The van der Waals surface area contributed by atoms with Crippen molar-refractivity contribution in [2.75, 3.05) is 27.2 Å². The minimum Gasteiger partial charge on any atom is -0.394 e. The third-order valence-electron chi connectivity index (χ3n) is 1.94. The molecule has 0 saturated carbocycles. The number of likely N-dealkylation sites (N-methyl/N-ethyl adjacent to an activating group) is 1. The number of aliphatic hydroxyl groups is 5. The van der Waals surface area contributed by atoms with Crippen LogP contribution in [0.25, 0.3) is 0 Å². The average molecular weight is 210 g/mol. The van der Waals surface area contributed by atoms with E-state index in [0.29, 0.717) is 0 Å². The van der Waals surface area contributed by atoms with E-state index >= 15 is 0 Å². The number of nitrogens with one attached hydrogen (secondary N) is 1. The summed E-state index contributed by atoms with van der Waals surface area (Å²) in [7, 11) is 3.57. The lowest BCUT2D eigenvalue weighted by Gasteiger charge is -2.25. The zero-order valence-electron chi connectivity index (χ0n) is 8.46. The van der Waals surface area contributed by atoms with Crippen LogP contribution in [0.5, 0.6) is 0 Å². The summed E-state index contributed by atoms with van der Waals surface area (Å²) in [4.78, 5) is 0.905. The first kappa shape index (κ1) is 13.8. The molecule has 0 bridgehead atoms. The molecule has 6 heteroatoms. The average Bonchev–Trinajstić information content (AvgIpc) is 2.13. The fourth-order valence-corrected chi connectivity index (χ4v) is 1.10. The maximum atomic E-state index is 9.38. The van der Waals surface area contributed by atoms with Crippen LogP contribution in [0, 0.1) is 0 Å². The molecule has 0 saturated heterocycles. The Morgan fingerprint density at radius 1 is 0.929 bits per heavy atom. The van der Waals surface area contributed by atoms with Crippen LogP contribution in [0.4, 0.5) is 0 Å². The number of quaternary nitrogens is 1. The van der Waals surface area contributed by atoms with Crippen LogP contribution in [0.3, 0.4) is 0 Å². The van der Waals surface area contributed by atoms with Gasteiger partial charge in [0.25, 0.3) is 0 Å². The predicted molar refractivity (Wildman–Crippen MR) is 48.8 cm³/mol. The van der Waals surface area contributed by atoms with E-state index in [1.165, 1.54) is 0 Å². The van der Waals surface area contributed by atoms with Crippen molar-refractivity contribution >= 4 is 0 Å². The first-order chi connectivity index (χ1) is 6.40. The fourth-order valence-electron chi connectivity index (χ4n) is 1.10. The first-order valence-electron chi connectivity index (χ1n) is 4.52. The molecule has 6 N–H and O–H groups in total. The van der Waals surface area contributed by atoms with Gasteiger partial charge in [-0.25, -0.2) is 0 Å². The molecule has 0 rings (SSSR count). The summed E-state index contributed by atoms with van der Waals surface area (Å²) in [6.07, 6.45) is -5.55. The zero-order valence-corrected chi connectivity index (χ0v) is 8.46. The van der Waals surface area contributed by atoms with Crippen molar-refractivity contribution in [1.29, 1.82) is 0 Å². The lowest BCUT2D eigenvalue weighted by molar-refractivity contribution is -0.862. The van der Waals surface area contributed by atoms with E-state index in [1.54, 1.807) is 14.1 Å². The van der Waals surface area contributed by atoms with Crippen molar-refractivity contribution in [2.24, 2.45) is 0 Å². The van der Waals surface area contributed by atoms with Crippen molar-refractivity contribution < 1.29 is 30.4 Å². The summed E-state index contributed by atoms with van der Waals surface area (Å²) >= 11 is 0. The molecule has 0 unspecified atom stereocenters. The Hall–Kier alpha value is -0.240. The van der Waals surface area contributed by atoms with E-state index in [9.17, 15) is 15.3 Å². The third-order valence-corrected chi connectivity index (χ3v) is 1.94. The first-order valence-corrected chi connectivity index (χ1v) is 4.52. The molecular weight excluding hydrogens is 190 g/mol. The number of hydrogen-bond donors (Lipinski definition) is 6. The molecule has 0 aromatic heterocycles. The fraction of sp³-hybridized carbons (Fsp3) is 1.00. The van der Waals surface area contributed by atoms with Gasteiger partial charge in [0.05, 0.1) is 20.7 Å². The Bertz CT molecular complexity index is 155. The molecular formula is C8H20NO5+. The minimum atomic E-state index is -1.53. The van der Waals surface area contributed by atoms with E-state index in [4.69, 9.17) is 10.2 Å². The minimum absolute atomic E-state index is 0.246. The number of rotatable bonds is 6. The Labute approximate surface area is 83.0 Å². The second-order valence-corrected chi connectivity index (χ2v) is 3.71. The Morgan fingerprint density at radius 2 is 1.36 bits per heavy atom. The SMILES string of the molecule is C[NH+](C)C[C@H](O)[C@@H](O)[C@H](O)[C@H](O)CO. The lowest BCUT2D eigenvalue weighted by Crippen LogP contribution is -3.07. The molecule has 0 spiro atoms. The Morgan fingerprint density at radius 3 is 1.71 bits per heavy atom. The third kappa shape index (κ3) is 4.32. The highest BCUT2D eigenvalue weighted by Gasteiger charge is 2.31. The predicted octanol–water partition coefficient (Wildman–Crippen LogP) is -4.43. The lowest BCUT2D eigenvalue weighted by atomic mass is 10.0. The molecule has 4 atom stereocenters. The zero-order chi connectivity index (χ0) is 11.3. The van der Waals surface area contributed by atoms with Crippen LogP contribution in [0.2, 0.25) is 0 Å². The van der Waals surface area contributed by atoms with Crippen molar-refractivity contribution in [3.05, 3.63) is 0 Å². The number of aliphatic hydroxyl groups excluding tert-OH is 5. The quantitative estimate of drug-likeness (QED) is 0.265. The molecule has 0 aliphatic carbocycles. The second-order valence-electron chi connectivity index (χ2n) is 3.71. The van der Waals surface area contributed by atoms with Crippen molar-refractivity contribution in [2.45, 2.75) is 24.4 Å². The van der Waals surface area contributed by atoms with E-state index in [1.807, 2.05) is 0 Å². The van der Waals surface area contributed by atoms with Crippen LogP contribution in [0.1, 0.15) is 0 Å². The molecule has 0 aliphatic heterocycles. The van der Waals surface area contributed by atoms with Gasteiger partial charge in [-0.05, 0) is 0 Å². The molecule has 0 amide bonds. The monoisotopic (exact) mass is 210 g/mol. The highest BCUT2D eigenvalue weighted by molar-refractivity contribution is 4.79. The maximum Gasteiger partial charge on any atom is 0.131 e. The standard InChI is InChI=1S/C8H19NO5/c1-9(2)3-5(11)7(13)8(14)6(12)4-10/h5-8,10-14H,3-4H2,1-2H3/p+1/t5-,6+,7+,8+/m0/s1.